The molecule has 0 spiro atoms. The number of aromatic nitrogens is 2. The zero-order chi connectivity index (χ0) is 9.84. The first-order valence-electron chi connectivity index (χ1n) is 3.61. The van der Waals surface area contributed by atoms with Gasteiger partial charge in [-0.15, -0.1) is 0 Å². The van der Waals surface area contributed by atoms with Crippen LogP contribution in [0.1, 0.15) is 6.92 Å². The molecule has 0 bridgehead atoms. The number of hydrogen-bond donors (Lipinski definition) is 2. The Kier molecular flexibility index (Phi) is 3.02. The topological polar surface area (TPSA) is 66.9 Å². The monoisotopic (exact) mass is 200 g/mol. The van der Waals surface area contributed by atoms with Gasteiger partial charge in [0.25, 0.3) is 0 Å². The Hall–Kier alpha value is -1.36. The minimum atomic E-state index is -0.215. The van der Waals surface area contributed by atoms with E-state index in [4.69, 9.17) is 11.6 Å². The van der Waals surface area contributed by atoms with Crippen LogP contribution in [0.25, 0.3) is 0 Å². The molecule has 1 rings (SSSR count). The van der Waals surface area contributed by atoms with Gasteiger partial charge in [0.15, 0.2) is 11.0 Å². The maximum atomic E-state index is 10.8. The van der Waals surface area contributed by atoms with Crippen LogP contribution in [0, 0.1) is 0 Å². The lowest BCUT2D eigenvalue weighted by molar-refractivity contribution is -0.114. The van der Waals surface area contributed by atoms with E-state index in [-0.39, 0.29) is 11.1 Å². The van der Waals surface area contributed by atoms with Gasteiger partial charge in [-0.05, 0) is 0 Å². The normalized spacial score (nSPS) is 9.46. The van der Waals surface area contributed by atoms with Crippen molar-refractivity contribution in [3.63, 3.8) is 0 Å². The molecule has 1 amide bonds. The zero-order valence-corrected chi connectivity index (χ0v) is 8.01. The van der Waals surface area contributed by atoms with Gasteiger partial charge in [-0.3, -0.25) is 4.79 Å². The molecule has 0 radical (unpaired) electrons. The minimum Gasteiger partial charge on any atom is -0.371 e. The molecular formula is C7H9ClN4O. The summed E-state index contributed by atoms with van der Waals surface area (Å²) in [5.41, 5.74) is 0.402. The number of nitrogens with one attached hydrogen (secondary N) is 2. The lowest BCUT2D eigenvalue weighted by atomic mass is 10.4. The molecule has 0 unspecified atom stereocenters. The minimum absolute atomic E-state index is 0.215. The molecule has 0 saturated heterocycles. The fourth-order valence-electron chi connectivity index (χ4n) is 0.840. The predicted molar refractivity (Wildman–Crippen MR) is 50.9 cm³/mol. The number of halogens is 1. The molecule has 0 aliphatic heterocycles. The van der Waals surface area contributed by atoms with Crippen molar-refractivity contribution in [2.24, 2.45) is 0 Å². The summed E-state index contributed by atoms with van der Waals surface area (Å²) in [6.07, 6.45) is 1.32. The summed E-state index contributed by atoms with van der Waals surface area (Å²) in [5.74, 6) is 0.281. The molecule has 1 aromatic rings. The summed E-state index contributed by atoms with van der Waals surface area (Å²) in [4.78, 5) is 18.4. The third-order valence-electron chi connectivity index (χ3n) is 1.34. The van der Waals surface area contributed by atoms with Gasteiger partial charge < -0.3 is 10.6 Å². The number of hydrogen-bond acceptors (Lipinski definition) is 4. The Labute approximate surface area is 80.5 Å². The highest BCUT2D eigenvalue weighted by Gasteiger charge is 2.09. The second kappa shape index (κ2) is 4.04. The van der Waals surface area contributed by atoms with Gasteiger partial charge in [0.2, 0.25) is 5.91 Å². The number of amides is 1. The summed E-state index contributed by atoms with van der Waals surface area (Å²) in [6, 6.07) is 0. The molecule has 13 heavy (non-hydrogen) atoms. The van der Waals surface area contributed by atoms with E-state index < -0.39 is 0 Å². The number of nitrogens with zero attached hydrogens (tertiary/aromatic N) is 2. The highest BCUT2D eigenvalue weighted by Crippen LogP contribution is 2.25. The Morgan fingerprint density at radius 3 is 2.77 bits per heavy atom. The van der Waals surface area contributed by atoms with Crippen molar-refractivity contribution < 1.29 is 4.79 Å². The van der Waals surface area contributed by atoms with E-state index >= 15 is 0 Å². The fraction of sp³-hybridized carbons (Fsp3) is 0.286. The Balaban J connectivity index is 3.07. The molecule has 0 atom stereocenters. The molecule has 5 nitrogen and oxygen atoms in total. The summed E-state index contributed by atoms with van der Waals surface area (Å²) in [7, 11) is 1.68. The largest absolute Gasteiger partial charge is 0.371 e. The van der Waals surface area contributed by atoms with Crippen molar-refractivity contribution in [3.05, 3.63) is 11.5 Å². The average molecular weight is 201 g/mol. The van der Waals surface area contributed by atoms with Gasteiger partial charge >= 0.3 is 0 Å². The number of rotatable bonds is 2. The van der Waals surface area contributed by atoms with Gasteiger partial charge in [-0.25, -0.2) is 9.97 Å². The fourth-order valence-corrected chi connectivity index (χ4v) is 1.02. The summed E-state index contributed by atoms with van der Waals surface area (Å²) >= 11 is 5.75. The molecule has 0 aliphatic carbocycles. The average Bonchev–Trinajstić information content (AvgIpc) is 2.08. The maximum Gasteiger partial charge on any atom is 0.221 e. The third-order valence-corrected chi connectivity index (χ3v) is 1.63. The lowest BCUT2D eigenvalue weighted by Crippen LogP contribution is -2.10. The molecule has 0 fully saturated rings. The molecular weight excluding hydrogens is 192 g/mol. The Morgan fingerprint density at radius 1 is 1.54 bits per heavy atom. The van der Waals surface area contributed by atoms with Crippen molar-refractivity contribution in [1.29, 1.82) is 0 Å². The van der Waals surface area contributed by atoms with E-state index in [1.54, 1.807) is 7.05 Å². The van der Waals surface area contributed by atoms with E-state index in [0.717, 1.165) is 0 Å². The summed E-state index contributed by atoms with van der Waals surface area (Å²) in [6.45, 7) is 1.39. The quantitative estimate of drug-likeness (QED) is 0.703. The van der Waals surface area contributed by atoms with Crippen LogP contribution >= 0.6 is 11.6 Å². The van der Waals surface area contributed by atoms with Gasteiger partial charge in [-0.1, -0.05) is 11.6 Å². The van der Waals surface area contributed by atoms with E-state index in [1.165, 1.54) is 13.3 Å². The van der Waals surface area contributed by atoms with Gasteiger partial charge in [0.1, 0.15) is 12.0 Å². The van der Waals surface area contributed by atoms with Gasteiger partial charge in [0.05, 0.1) is 0 Å². The van der Waals surface area contributed by atoms with E-state index in [1.807, 2.05) is 0 Å². The molecule has 0 saturated carbocycles. The first-order chi connectivity index (χ1) is 6.15. The second-order valence-electron chi connectivity index (χ2n) is 2.32. The van der Waals surface area contributed by atoms with Crippen LogP contribution in [0.3, 0.4) is 0 Å². The van der Waals surface area contributed by atoms with Crippen molar-refractivity contribution in [3.8, 4) is 0 Å². The predicted octanol–water partition coefficient (Wildman–Crippen LogP) is 1.13. The van der Waals surface area contributed by atoms with Crippen LogP contribution in [0.5, 0.6) is 0 Å². The smallest absolute Gasteiger partial charge is 0.221 e. The molecule has 0 aliphatic rings. The third kappa shape index (κ3) is 2.29. The highest BCUT2D eigenvalue weighted by molar-refractivity contribution is 6.33. The van der Waals surface area contributed by atoms with Gasteiger partial charge in [0, 0.05) is 14.0 Å². The van der Waals surface area contributed by atoms with Crippen LogP contribution < -0.4 is 10.6 Å². The van der Waals surface area contributed by atoms with E-state index in [9.17, 15) is 4.79 Å². The number of carbonyl (C=O) groups excluding carboxylic acids is 1. The number of anilines is 2. The van der Waals surface area contributed by atoms with E-state index in [0.29, 0.717) is 11.5 Å². The van der Waals surface area contributed by atoms with Crippen LogP contribution in [0.4, 0.5) is 11.5 Å². The molecule has 0 aromatic carbocycles. The van der Waals surface area contributed by atoms with Crippen LogP contribution in [0.15, 0.2) is 6.33 Å². The first kappa shape index (κ1) is 9.73. The van der Waals surface area contributed by atoms with Gasteiger partial charge in [-0.2, -0.15) is 0 Å². The van der Waals surface area contributed by atoms with Crippen LogP contribution in [-0.4, -0.2) is 22.9 Å². The SMILES string of the molecule is CNc1ncnc(Cl)c1NC(C)=O. The molecule has 1 aromatic heterocycles. The second-order valence-corrected chi connectivity index (χ2v) is 2.68. The van der Waals surface area contributed by atoms with E-state index in [2.05, 4.69) is 20.6 Å². The molecule has 1 heterocycles. The van der Waals surface area contributed by atoms with Crippen molar-refractivity contribution in [2.45, 2.75) is 6.92 Å². The highest BCUT2D eigenvalue weighted by atomic mass is 35.5. The zero-order valence-electron chi connectivity index (χ0n) is 7.26. The number of carbonyl (C=O) groups is 1. The standard InChI is InChI=1S/C7H9ClN4O/c1-4(13)12-5-6(8)10-3-11-7(5)9-2/h3H,1-2H3,(H,12,13)(H,9,10,11). The maximum absolute atomic E-state index is 10.8. The molecule has 70 valence electrons. The van der Waals surface area contributed by atoms with Crippen LogP contribution in [-0.2, 0) is 4.79 Å². The molecule has 6 heteroatoms. The lowest BCUT2D eigenvalue weighted by Gasteiger charge is -2.08. The van der Waals surface area contributed by atoms with Crippen molar-refractivity contribution >= 4 is 29.0 Å². The summed E-state index contributed by atoms with van der Waals surface area (Å²) < 4.78 is 0. The molecule has 2 N–H and O–H groups in total. The first-order valence-corrected chi connectivity index (χ1v) is 3.98. The van der Waals surface area contributed by atoms with Crippen molar-refractivity contribution in [2.75, 3.05) is 17.7 Å². The Morgan fingerprint density at radius 2 is 2.23 bits per heavy atom. The summed E-state index contributed by atoms with van der Waals surface area (Å²) in [5, 5.41) is 5.54. The Bertz CT molecular complexity index is 328. The van der Waals surface area contributed by atoms with Crippen LogP contribution in [0.2, 0.25) is 5.15 Å². The van der Waals surface area contributed by atoms with Crippen molar-refractivity contribution in [1.82, 2.24) is 9.97 Å².